The molecule has 14 heavy (non-hydrogen) atoms. The summed E-state index contributed by atoms with van der Waals surface area (Å²) >= 11 is 0. The van der Waals surface area contributed by atoms with Gasteiger partial charge in [0.2, 0.25) is 0 Å². The van der Waals surface area contributed by atoms with Crippen molar-refractivity contribution < 1.29 is 19.4 Å². The fourth-order valence-corrected chi connectivity index (χ4v) is 1.01. The van der Waals surface area contributed by atoms with Gasteiger partial charge in [-0.2, -0.15) is 0 Å². The molecule has 2 atom stereocenters. The van der Waals surface area contributed by atoms with E-state index in [1.807, 2.05) is 0 Å². The third-order valence-corrected chi connectivity index (χ3v) is 1.77. The number of hydrogen-bond donors (Lipinski definition) is 1. The van der Waals surface area contributed by atoms with Crippen molar-refractivity contribution >= 4 is 12.3 Å². The highest BCUT2D eigenvalue weighted by Gasteiger charge is 2.42. The standard InChI is InChI=1S/C8H8O3.C2H6O/c9-4-2-1-3-6-5-7(6)8(10)11;1-3-2/h4,6-7H,3,5H2,(H,10,11);1-2H3. The zero-order chi connectivity index (χ0) is 11.0. The maximum atomic E-state index is 10.3. The number of ether oxygens (including phenoxy) is 1. The Morgan fingerprint density at radius 1 is 1.64 bits per heavy atom. The Hall–Kier alpha value is -1.34. The van der Waals surface area contributed by atoms with Crippen molar-refractivity contribution in [3.8, 4) is 11.8 Å². The molecule has 1 rings (SSSR count). The first kappa shape index (κ1) is 12.7. The van der Waals surface area contributed by atoms with E-state index in [0.29, 0.717) is 19.1 Å². The number of carbonyl (C=O) groups excluding carboxylic acids is 1. The van der Waals surface area contributed by atoms with E-state index in [4.69, 9.17) is 5.11 Å². The average molecular weight is 198 g/mol. The summed E-state index contributed by atoms with van der Waals surface area (Å²) in [7, 11) is 3.25. The van der Waals surface area contributed by atoms with Crippen LogP contribution in [0.5, 0.6) is 0 Å². The second-order valence-corrected chi connectivity index (χ2v) is 2.99. The molecule has 0 saturated heterocycles. The van der Waals surface area contributed by atoms with Gasteiger partial charge < -0.3 is 9.84 Å². The minimum absolute atomic E-state index is 0.181. The van der Waals surface area contributed by atoms with Crippen molar-refractivity contribution in [2.45, 2.75) is 12.8 Å². The lowest BCUT2D eigenvalue weighted by Gasteiger charge is -1.85. The Balaban J connectivity index is 0.000000500. The van der Waals surface area contributed by atoms with Crippen molar-refractivity contribution in [2.24, 2.45) is 11.8 Å². The highest BCUT2D eigenvalue weighted by atomic mass is 16.4. The topological polar surface area (TPSA) is 63.6 Å². The Morgan fingerprint density at radius 3 is 2.57 bits per heavy atom. The number of aliphatic carboxylic acids is 1. The molecule has 1 fully saturated rings. The van der Waals surface area contributed by atoms with Gasteiger partial charge in [-0.3, -0.25) is 9.59 Å². The molecule has 0 bridgehead atoms. The average Bonchev–Trinajstić information content (AvgIpc) is 2.86. The summed E-state index contributed by atoms with van der Waals surface area (Å²) in [5.74, 6) is 4.08. The van der Waals surface area contributed by atoms with Gasteiger partial charge in [0, 0.05) is 20.6 Å². The monoisotopic (exact) mass is 198 g/mol. The molecule has 0 radical (unpaired) electrons. The number of aldehydes is 1. The van der Waals surface area contributed by atoms with E-state index in [9.17, 15) is 9.59 Å². The van der Waals surface area contributed by atoms with E-state index in [-0.39, 0.29) is 11.8 Å². The van der Waals surface area contributed by atoms with Gasteiger partial charge in [0.15, 0.2) is 6.29 Å². The van der Waals surface area contributed by atoms with Crippen LogP contribution in [0.3, 0.4) is 0 Å². The molecule has 2 unspecified atom stereocenters. The van der Waals surface area contributed by atoms with E-state index in [0.717, 1.165) is 0 Å². The van der Waals surface area contributed by atoms with Crippen molar-refractivity contribution in [3.63, 3.8) is 0 Å². The first-order valence-corrected chi connectivity index (χ1v) is 4.22. The molecule has 4 heteroatoms. The van der Waals surface area contributed by atoms with Crippen molar-refractivity contribution in [3.05, 3.63) is 0 Å². The number of carboxylic acids is 1. The SMILES string of the molecule is COC.O=CC#CCC1CC1C(=O)O. The number of methoxy groups -OCH3 is 1. The van der Waals surface area contributed by atoms with Crippen LogP contribution in [-0.2, 0) is 14.3 Å². The van der Waals surface area contributed by atoms with Gasteiger partial charge in [-0.05, 0) is 18.3 Å². The molecule has 1 aliphatic rings. The zero-order valence-electron chi connectivity index (χ0n) is 8.32. The fraction of sp³-hybridized carbons (Fsp3) is 0.600. The van der Waals surface area contributed by atoms with Crippen LogP contribution in [0.15, 0.2) is 0 Å². The molecule has 1 aliphatic carbocycles. The van der Waals surface area contributed by atoms with Crippen LogP contribution >= 0.6 is 0 Å². The van der Waals surface area contributed by atoms with Crippen molar-refractivity contribution in [1.29, 1.82) is 0 Å². The maximum absolute atomic E-state index is 10.3. The van der Waals surface area contributed by atoms with Crippen molar-refractivity contribution in [1.82, 2.24) is 0 Å². The molecular formula is C10H14O4. The molecule has 1 saturated carbocycles. The normalized spacial score (nSPS) is 22.1. The smallest absolute Gasteiger partial charge is 0.306 e. The van der Waals surface area contributed by atoms with E-state index < -0.39 is 5.97 Å². The largest absolute Gasteiger partial charge is 0.481 e. The Labute approximate surface area is 83.3 Å². The molecule has 0 aliphatic heterocycles. The Bertz CT molecular complexity index is 249. The van der Waals surface area contributed by atoms with Gasteiger partial charge in [0.05, 0.1) is 5.92 Å². The summed E-state index contributed by atoms with van der Waals surface area (Å²) in [6.45, 7) is 0. The number of carboxylic acid groups (broad SMARTS) is 1. The lowest BCUT2D eigenvalue weighted by Crippen LogP contribution is -1.98. The summed E-state index contributed by atoms with van der Waals surface area (Å²) in [4.78, 5) is 20.0. The molecule has 0 amide bonds. The molecule has 0 aromatic rings. The lowest BCUT2D eigenvalue weighted by atomic mass is 10.2. The predicted octanol–water partition coefficient (Wildman–Crippen LogP) is 0.562. The molecular weight excluding hydrogens is 184 g/mol. The molecule has 0 aromatic carbocycles. The van der Waals surface area contributed by atoms with Crippen LogP contribution in [0.2, 0.25) is 0 Å². The minimum Gasteiger partial charge on any atom is -0.481 e. The molecule has 1 N–H and O–H groups in total. The van der Waals surface area contributed by atoms with Crippen LogP contribution in [0.25, 0.3) is 0 Å². The molecule has 4 nitrogen and oxygen atoms in total. The highest BCUT2D eigenvalue weighted by Crippen LogP contribution is 2.40. The van der Waals surface area contributed by atoms with Gasteiger partial charge in [0.25, 0.3) is 0 Å². The predicted molar refractivity (Wildman–Crippen MR) is 50.6 cm³/mol. The zero-order valence-corrected chi connectivity index (χ0v) is 8.32. The fourth-order valence-electron chi connectivity index (χ4n) is 1.01. The van der Waals surface area contributed by atoms with Gasteiger partial charge in [-0.15, -0.1) is 0 Å². The first-order chi connectivity index (χ1) is 6.67. The maximum Gasteiger partial charge on any atom is 0.306 e. The van der Waals surface area contributed by atoms with Gasteiger partial charge in [-0.25, -0.2) is 0 Å². The van der Waals surface area contributed by atoms with E-state index in [2.05, 4.69) is 16.6 Å². The first-order valence-electron chi connectivity index (χ1n) is 4.22. The van der Waals surface area contributed by atoms with Crippen LogP contribution in [-0.4, -0.2) is 31.6 Å². The third kappa shape index (κ3) is 5.33. The summed E-state index contributed by atoms with van der Waals surface area (Å²) in [5.41, 5.74) is 0. The lowest BCUT2D eigenvalue weighted by molar-refractivity contribution is -0.138. The van der Waals surface area contributed by atoms with E-state index in [1.165, 1.54) is 0 Å². The number of rotatable bonds is 2. The quantitative estimate of drug-likeness (QED) is 0.520. The third-order valence-electron chi connectivity index (χ3n) is 1.77. The summed E-state index contributed by atoms with van der Waals surface area (Å²) < 4.78 is 4.25. The van der Waals surface area contributed by atoms with Gasteiger partial charge >= 0.3 is 5.97 Å². The van der Waals surface area contributed by atoms with Crippen LogP contribution in [0.4, 0.5) is 0 Å². The number of hydrogen-bond acceptors (Lipinski definition) is 3. The van der Waals surface area contributed by atoms with Crippen LogP contribution in [0.1, 0.15) is 12.8 Å². The summed E-state index contributed by atoms with van der Waals surface area (Å²) in [6, 6.07) is 0. The van der Waals surface area contributed by atoms with E-state index in [1.54, 1.807) is 14.2 Å². The molecule has 0 aromatic heterocycles. The van der Waals surface area contributed by atoms with Gasteiger partial charge in [0.1, 0.15) is 0 Å². The van der Waals surface area contributed by atoms with Crippen LogP contribution in [0, 0.1) is 23.7 Å². The number of carbonyl (C=O) groups is 2. The summed E-state index contributed by atoms with van der Waals surface area (Å²) in [6.07, 6.45) is 1.77. The summed E-state index contributed by atoms with van der Waals surface area (Å²) in [5, 5.41) is 8.46. The minimum atomic E-state index is -0.747. The molecule has 78 valence electrons. The highest BCUT2D eigenvalue weighted by molar-refractivity contribution is 5.74. The second-order valence-electron chi connectivity index (χ2n) is 2.99. The second kappa shape index (κ2) is 7.10. The molecule has 0 spiro atoms. The van der Waals surface area contributed by atoms with E-state index >= 15 is 0 Å². The van der Waals surface area contributed by atoms with Crippen molar-refractivity contribution in [2.75, 3.05) is 14.2 Å². The Morgan fingerprint density at radius 2 is 2.21 bits per heavy atom. The Kier molecular flexibility index (Phi) is 6.42. The molecule has 0 heterocycles. The van der Waals surface area contributed by atoms with Crippen LogP contribution < -0.4 is 0 Å². The van der Waals surface area contributed by atoms with Gasteiger partial charge in [-0.1, -0.05) is 5.92 Å².